The molecular weight excluding hydrogens is 519 g/mol. The summed E-state index contributed by atoms with van der Waals surface area (Å²) in [6.45, 7) is 2.97. The van der Waals surface area contributed by atoms with E-state index in [2.05, 4.69) is 15.3 Å². The van der Waals surface area contributed by atoms with Crippen molar-refractivity contribution in [1.82, 2.24) is 24.4 Å². The van der Waals surface area contributed by atoms with Crippen molar-refractivity contribution in [3.63, 3.8) is 0 Å². The molecule has 210 valence electrons. The molecule has 1 saturated heterocycles. The lowest BCUT2D eigenvalue weighted by atomic mass is 10.1. The fourth-order valence-electron chi connectivity index (χ4n) is 5.04. The number of carboxylic acid groups (broad SMARTS) is 1. The Labute approximate surface area is 229 Å². The average molecular weight is 551 g/mol. The lowest BCUT2D eigenvalue weighted by molar-refractivity contribution is 0.0695. The van der Waals surface area contributed by atoms with Crippen LogP contribution in [0.3, 0.4) is 0 Å². The van der Waals surface area contributed by atoms with Gasteiger partial charge in [-0.15, -0.1) is 0 Å². The molecule has 1 unspecified atom stereocenters. The van der Waals surface area contributed by atoms with Gasteiger partial charge < -0.3 is 33.9 Å². The van der Waals surface area contributed by atoms with Crippen molar-refractivity contribution in [2.45, 2.75) is 32.0 Å². The second-order valence-corrected chi connectivity index (χ2v) is 9.69. The van der Waals surface area contributed by atoms with Crippen molar-refractivity contribution in [2.24, 2.45) is 0 Å². The number of hydrogen-bond donors (Lipinski definition) is 2. The molecule has 12 heteroatoms. The Hall–Kier alpha value is -4.45. The Morgan fingerprint density at radius 1 is 1.25 bits per heavy atom. The van der Waals surface area contributed by atoms with E-state index >= 15 is 4.39 Å². The molecule has 0 aliphatic carbocycles. The Morgan fingerprint density at radius 3 is 2.83 bits per heavy atom. The van der Waals surface area contributed by atoms with Crippen molar-refractivity contribution >= 4 is 22.8 Å². The Bertz CT molecular complexity index is 1570. The van der Waals surface area contributed by atoms with E-state index in [0.29, 0.717) is 30.2 Å². The minimum Gasteiger partial charge on any atom is -0.497 e. The van der Waals surface area contributed by atoms with Crippen molar-refractivity contribution < 1.29 is 23.8 Å². The topological polar surface area (TPSA) is 124 Å². The summed E-state index contributed by atoms with van der Waals surface area (Å²) in [6, 6.07) is 6.52. The predicted octanol–water partition coefficient (Wildman–Crippen LogP) is 2.75. The van der Waals surface area contributed by atoms with Crippen LogP contribution in [0.1, 0.15) is 28.8 Å². The van der Waals surface area contributed by atoms with Crippen molar-refractivity contribution in [1.29, 1.82) is 0 Å². The maximum absolute atomic E-state index is 15.4. The summed E-state index contributed by atoms with van der Waals surface area (Å²) in [5.41, 5.74) is -0.341. The second kappa shape index (κ2) is 11.7. The SMILES string of the molecule is COc1ccc(Cn2cc(C(=O)O)c(=O)c3cc(F)c(N4CCC(NCCCn5ccnc5)C4)nc32)c(OC)c1. The first-order chi connectivity index (χ1) is 19.4. The van der Waals surface area contributed by atoms with Gasteiger partial charge in [-0.05, 0) is 37.6 Å². The Morgan fingerprint density at radius 2 is 2.10 bits per heavy atom. The number of carbonyl (C=O) groups is 1. The summed E-state index contributed by atoms with van der Waals surface area (Å²) in [5.74, 6) is -0.812. The van der Waals surface area contributed by atoms with Gasteiger partial charge in [0.05, 0.1) is 32.5 Å². The van der Waals surface area contributed by atoms with E-state index in [4.69, 9.17) is 9.47 Å². The first-order valence-corrected chi connectivity index (χ1v) is 13.0. The number of halogens is 1. The van der Waals surface area contributed by atoms with Gasteiger partial charge >= 0.3 is 5.97 Å². The predicted molar refractivity (Wildman–Crippen MR) is 147 cm³/mol. The number of carboxylic acids is 1. The number of nitrogens with zero attached hydrogens (tertiary/aromatic N) is 5. The molecule has 2 N–H and O–H groups in total. The molecule has 40 heavy (non-hydrogen) atoms. The standard InChI is InChI=1S/C28H31FN6O5/c1-39-20-5-4-18(24(12-20)40-2)14-35-16-22(28(37)38)25(36)21-13-23(29)27(32-26(21)35)34-10-6-19(15-34)31-7-3-9-33-11-8-30-17-33/h4-5,8,11-13,16-17,19,31H,3,6-7,9-10,14-15H2,1-2H3,(H,37,38). The Balaban J connectivity index is 1.42. The highest BCUT2D eigenvalue weighted by molar-refractivity contribution is 5.92. The van der Waals surface area contributed by atoms with Gasteiger partial charge in [-0.3, -0.25) is 4.79 Å². The van der Waals surface area contributed by atoms with E-state index in [1.54, 1.807) is 42.4 Å². The number of anilines is 1. The van der Waals surface area contributed by atoms with Gasteiger partial charge in [0.1, 0.15) is 22.7 Å². The van der Waals surface area contributed by atoms with Crippen LogP contribution in [-0.4, -0.2) is 70.1 Å². The molecule has 0 radical (unpaired) electrons. The molecule has 0 spiro atoms. The summed E-state index contributed by atoms with van der Waals surface area (Å²) < 4.78 is 29.7. The largest absolute Gasteiger partial charge is 0.497 e. The molecule has 1 fully saturated rings. The van der Waals surface area contributed by atoms with Crippen LogP contribution in [0.15, 0.2) is 54.0 Å². The number of hydrogen-bond acceptors (Lipinski definition) is 8. The van der Waals surface area contributed by atoms with Gasteiger partial charge in [0.15, 0.2) is 11.6 Å². The third-order valence-electron chi connectivity index (χ3n) is 7.12. The monoisotopic (exact) mass is 550 g/mol. The number of aromatic nitrogens is 4. The zero-order valence-electron chi connectivity index (χ0n) is 22.3. The van der Waals surface area contributed by atoms with Gasteiger partial charge in [-0.2, -0.15) is 0 Å². The number of rotatable bonds is 11. The van der Waals surface area contributed by atoms with Gasteiger partial charge in [-0.1, -0.05) is 0 Å². The summed E-state index contributed by atoms with van der Waals surface area (Å²) in [7, 11) is 3.06. The number of ether oxygens (including phenoxy) is 2. The molecule has 4 heterocycles. The zero-order valence-corrected chi connectivity index (χ0v) is 22.3. The molecule has 4 aromatic rings. The number of aryl methyl sites for hydroxylation is 1. The maximum atomic E-state index is 15.4. The second-order valence-electron chi connectivity index (χ2n) is 9.69. The summed E-state index contributed by atoms with van der Waals surface area (Å²) in [4.78, 5) is 35.3. The first kappa shape index (κ1) is 27.1. The van der Waals surface area contributed by atoms with Gasteiger partial charge in [0.25, 0.3) is 0 Å². The van der Waals surface area contributed by atoms with E-state index in [1.807, 2.05) is 15.7 Å². The molecule has 1 aliphatic rings. The highest BCUT2D eigenvalue weighted by Crippen LogP contribution is 2.28. The minimum absolute atomic E-state index is 0.0954. The van der Waals surface area contributed by atoms with E-state index in [1.165, 1.54) is 13.3 Å². The lowest BCUT2D eigenvalue weighted by Gasteiger charge is -2.21. The van der Waals surface area contributed by atoms with Gasteiger partial charge in [-0.25, -0.2) is 19.2 Å². The Kier molecular flexibility index (Phi) is 7.96. The fraction of sp³-hybridized carbons (Fsp3) is 0.357. The van der Waals surface area contributed by atoms with E-state index < -0.39 is 22.8 Å². The third kappa shape index (κ3) is 5.62. The van der Waals surface area contributed by atoms with Crippen molar-refractivity contribution in [3.8, 4) is 11.5 Å². The number of nitrogens with one attached hydrogen (secondary N) is 1. The number of imidazole rings is 1. The third-order valence-corrected chi connectivity index (χ3v) is 7.12. The molecule has 5 rings (SSSR count). The smallest absolute Gasteiger partial charge is 0.341 e. The summed E-state index contributed by atoms with van der Waals surface area (Å²) in [5, 5.41) is 13.1. The fourth-order valence-corrected chi connectivity index (χ4v) is 5.04. The van der Waals surface area contributed by atoms with Crippen molar-refractivity contribution in [3.05, 3.63) is 76.4 Å². The summed E-state index contributed by atoms with van der Waals surface area (Å²) in [6.07, 6.45) is 8.47. The van der Waals surface area contributed by atoms with Crippen LogP contribution in [0.2, 0.25) is 0 Å². The van der Waals surface area contributed by atoms with Crippen LogP contribution in [-0.2, 0) is 13.1 Å². The van der Waals surface area contributed by atoms with Gasteiger partial charge in [0, 0.05) is 55.9 Å². The molecule has 11 nitrogen and oxygen atoms in total. The molecular formula is C28H31FN6O5. The number of benzene rings is 1. The average Bonchev–Trinajstić information content (AvgIpc) is 3.65. The van der Waals surface area contributed by atoms with Crippen LogP contribution >= 0.6 is 0 Å². The first-order valence-electron chi connectivity index (χ1n) is 13.0. The molecule has 0 amide bonds. The van der Waals surface area contributed by atoms with E-state index in [0.717, 1.165) is 32.0 Å². The van der Waals surface area contributed by atoms with E-state index in [9.17, 15) is 14.7 Å². The molecule has 1 aromatic carbocycles. The highest BCUT2D eigenvalue weighted by atomic mass is 19.1. The normalized spacial score (nSPS) is 15.1. The minimum atomic E-state index is -1.40. The van der Waals surface area contributed by atoms with E-state index in [-0.39, 0.29) is 29.4 Å². The molecule has 0 saturated carbocycles. The number of fused-ring (bicyclic) bond motifs is 1. The van der Waals surface area contributed by atoms with Gasteiger partial charge in [0.2, 0.25) is 5.43 Å². The van der Waals surface area contributed by atoms with Crippen LogP contribution in [0, 0.1) is 5.82 Å². The quantitative estimate of drug-likeness (QED) is 0.271. The zero-order chi connectivity index (χ0) is 28.2. The maximum Gasteiger partial charge on any atom is 0.341 e. The molecule has 1 atom stereocenters. The summed E-state index contributed by atoms with van der Waals surface area (Å²) >= 11 is 0. The molecule has 0 bridgehead atoms. The number of methoxy groups -OCH3 is 2. The lowest BCUT2D eigenvalue weighted by Crippen LogP contribution is -2.34. The van der Waals surface area contributed by atoms with Crippen LogP contribution < -0.4 is 25.1 Å². The highest BCUT2D eigenvalue weighted by Gasteiger charge is 2.27. The van der Waals surface area contributed by atoms with Crippen LogP contribution in [0.25, 0.3) is 11.0 Å². The molecule has 1 aliphatic heterocycles. The molecule has 3 aromatic heterocycles. The van der Waals surface area contributed by atoms with Crippen molar-refractivity contribution in [2.75, 3.05) is 38.8 Å². The number of pyridine rings is 2. The van der Waals surface area contributed by atoms with Crippen LogP contribution in [0.4, 0.5) is 10.2 Å². The van der Waals surface area contributed by atoms with Crippen LogP contribution in [0.5, 0.6) is 11.5 Å². The number of aromatic carboxylic acids is 1.